The van der Waals surface area contributed by atoms with Crippen LogP contribution in [-0.4, -0.2) is 23.1 Å². The number of carboxylic acid groups (broad SMARTS) is 1. The summed E-state index contributed by atoms with van der Waals surface area (Å²) in [4.78, 5) is 22.6. The van der Waals surface area contributed by atoms with Crippen LogP contribution in [0.1, 0.15) is 19.3 Å². The van der Waals surface area contributed by atoms with Gasteiger partial charge in [0.25, 0.3) is 0 Å². The minimum Gasteiger partial charge on any atom is -0.481 e. The van der Waals surface area contributed by atoms with Gasteiger partial charge in [0.2, 0.25) is 0 Å². The van der Waals surface area contributed by atoms with E-state index < -0.39 is 23.7 Å². The Morgan fingerprint density at radius 2 is 2.10 bits per heavy atom. The lowest BCUT2D eigenvalue weighted by Gasteiger charge is -2.14. The Kier molecular flexibility index (Phi) is 4.44. The molecule has 7 heteroatoms. The molecule has 1 fully saturated rings. The van der Waals surface area contributed by atoms with E-state index in [0.29, 0.717) is 19.3 Å². The van der Waals surface area contributed by atoms with Crippen LogP contribution < -0.4 is 10.6 Å². The van der Waals surface area contributed by atoms with E-state index in [1.54, 1.807) is 0 Å². The Labute approximate surface area is 120 Å². The van der Waals surface area contributed by atoms with E-state index in [2.05, 4.69) is 10.6 Å². The molecule has 1 aliphatic rings. The number of aliphatic carboxylic acids is 1. The lowest BCUT2D eigenvalue weighted by atomic mass is 10.1. The van der Waals surface area contributed by atoms with Crippen molar-refractivity contribution in [1.29, 1.82) is 0 Å². The number of halogens is 2. The van der Waals surface area contributed by atoms with Gasteiger partial charge in [-0.15, -0.1) is 0 Å². The fourth-order valence-electron chi connectivity index (χ4n) is 2.29. The Balaban J connectivity index is 1.92. The summed E-state index contributed by atoms with van der Waals surface area (Å²) in [5.74, 6) is -1.91. The van der Waals surface area contributed by atoms with Gasteiger partial charge in [-0.2, -0.15) is 0 Å². The molecular weight excluding hydrogens is 287 g/mol. The number of benzene rings is 1. The van der Waals surface area contributed by atoms with Gasteiger partial charge in [-0.1, -0.05) is 17.7 Å². The van der Waals surface area contributed by atoms with Gasteiger partial charge < -0.3 is 15.7 Å². The van der Waals surface area contributed by atoms with Crippen molar-refractivity contribution in [2.75, 3.05) is 5.32 Å². The molecule has 1 aromatic carbocycles. The van der Waals surface area contributed by atoms with Crippen LogP contribution in [0.3, 0.4) is 0 Å². The number of anilines is 1. The molecule has 1 saturated carbocycles. The van der Waals surface area contributed by atoms with Gasteiger partial charge in [-0.05, 0) is 31.4 Å². The van der Waals surface area contributed by atoms with Gasteiger partial charge >= 0.3 is 12.0 Å². The topological polar surface area (TPSA) is 78.4 Å². The third kappa shape index (κ3) is 3.39. The van der Waals surface area contributed by atoms with Crippen molar-refractivity contribution in [1.82, 2.24) is 5.32 Å². The largest absolute Gasteiger partial charge is 0.481 e. The first kappa shape index (κ1) is 14.6. The van der Waals surface area contributed by atoms with Crippen LogP contribution in [0.2, 0.25) is 5.02 Å². The van der Waals surface area contributed by atoms with Crippen molar-refractivity contribution in [3.63, 3.8) is 0 Å². The predicted molar refractivity (Wildman–Crippen MR) is 72.3 cm³/mol. The summed E-state index contributed by atoms with van der Waals surface area (Å²) in [7, 11) is 0. The number of nitrogens with one attached hydrogen (secondary N) is 2. The van der Waals surface area contributed by atoms with Crippen LogP contribution in [0.5, 0.6) is 0 Å². The SMILES string of the molecule is O=C(Nc1c(F)cccc1Cl)N[C@H]1CC[C@@H](C(=O)O)C1. The van der Waals surface area contributed by atoms with Crippen LogP contribution in [0, 0.1) is 11.7 Å². The molecule has 2 rings (SSSR count). The average Bonchev–Trinajstić information content (AvgIpc) is 2.82. The zero-order valence-corrected chi connectivity index (χ0v) is 11.3. The van der Waals surface area contributed by atoms with E-state index in [-0.39, 0.29) is 16.8 Å². The molecule has 0 radical (unpaired) electrons. The van der Waals surface area contributed by atoms with Crippen molar-refractivity contribution in [3.05, 3.63) is 29.0 Å². The first-order chi connectivity index (χ1) is 9.47. The number of carboxylic acids is 1. The number of urea groups is 1. The second-order valence-electron chi connectivity index (χ2n) is 4.74. The number of hydrogen-bond donors (Lipinski definition) is 3. The lowest BCUT2D eigenvalue weighted by Crippen LogP contribution is -2.37. The lowest BCUT2D eigenvalue weighted by molar-refractivity contribution is -0.141. The Morgan fingerprint density at radius 1 is 1.35 bits per heavy atom. The molecule has 1 aromatic rings. The molecule has 0 saturated heterocycles. The average molecular weight is 301 g/mol. The summed E-state index contributed by atoms with van der Waals surface area (Å²) in [5.41, 5.74) is -0.0838. The number of para-hydroxylation sites is 1. The number of carbonyl (C=O) groups excluding carboxylic acids is 1. The highest BCUT2D eigenvalue weighted by molar-refractivity contribution is 6.33. The maximum absolute atomic E-state index is 13.5. The molecule has 108 valence electrons. The zero-order valence-electron chi connectivity index (χ0n) is 10.5. The van der Waals surface area contributed by atoms with Gasteiger partial charge in [0.05, 0.1) is 16.6 Å². The molecule has 2 amide bonds. The summed E-state index contributed by atoms with van der Waals surface area (Å²) in [6.07, 6.45) is 1.50. The van der Waals surface area contributed by atoms with E-state index in [4.69, 9.17) is 16.7 Å². The highest BCUT2D eigenvalue weighted by Crippen LogP contribution is 2.27. The molecule has 0 bridgehead atoms. The van der Waals surface area contributed by atoms with Crippen LogP contribution in [0.4, 0.5) is 14.9 Å². The van der Waals surface area contributed by atoms with E-state index >= 15 is 0 Å². The second kappa shape index (κ2) is 6.09. The minimum absolute atomic E-state index is 0.0838. The van der Waals surface area contributed by atoms with E-state index in [0.717, 1.165) is 0 Å². The van der Waals surface area contributed by atoms with E-state index in [1.165, 1.54) is 18.2 Å². The molecule has 0 aromatic heterocycles. The molecule has 0 unspecified atom stereocenters. The number of rotatable bonds is 3. The first-order valence-corrected chi connectivity index (χ1v) is 6.59. The second-order valence-corrected chi connectivity index (χ2v) is 5.15. The van der Waals surface area contributed by atoms with Crippen molar-refractivity contribution >= 4 is 29.3 Å². The molecule has 1 aliphatic carbocycles. The summed E-state index contributed by atoms with van der Waals surface area (Å²) in [6.45, 7) is 0. The van der Waals surface area contributed by atoms with Crippen LogP contribution in [0.25, 0.3) is 0 Å². The maximum atomic E-state index is 13.5. The Morgan fingerprint density at radius 3 is 2.70 bits per heavy atom. The fourth-order valence-corrected chi connectivity index (χ4v) is 2.50. The van der Waals surface area contributed by atoms with Crippen LogP contribution >= 0.6 is 11.6 Å². The maximum Gasteiger partial charge on any atom is 0.319 e. The van der Waals surface area contributed by atoms with E-state index in [9.17, 15) is 14.0 Å². The molecule has 20 heavy (non-hydrogen) atoms. The Hall–Kier alpha value is -1.82. The van der Waals surface area contributed by atoms with Crippen LogP contribution in [-0.2, 0) is 4.79 Å². The Bertz CT molecular complexity index is 518. The number of hydrogen-bond acceptors (Lipinski definition) is 2. The first-order valence-electron chi connectivity index (χ1n) is 6.21. The third-order valence-electron chi connectivity index (χ3n) is 3.32. The number of amides is 2. The van der Waals surface area contributed by atoms with Gasteiger partial charge in [0.1, 0.15) is 5.82 Å². The normalized spacial score (nSPS) is 21.5. The minimum atomic E-state index is -0.855. The zero-order chi connectivity index (χ0) is 14.7. The summed E-state index contributed by atoms with van der Waals surface area (Å²) in [6, 6.07) is 3.29. The van der Waals surface area contributed by atoms with Gasteiger partial charge in [-0.3, -0.25) is 4.79 Å². The summed E-state index contributed by atoms with van der Waals surface area (Å²) in [5, 5.41) is 14.0. The van der Waals surface area contributed by atoms with Gasteiger partial charge in [0, 0.05) is 6.04 Å². The van der Waals surface area contributed by atoms with Crippen molar-refractivity contribution in [3.8, 4) is 0 Å². The predicted octanol–water partition coefficient (Wildman–Crippen LogP) is 2.85. The highest BCUT2D eigenvalue weighted by Gasteiger charge is 2.30. The van der Waals surface area contributed by atoms with Gasteiger partial charge in [-0.25, -0.2) is 9.18 Å². The molecule has 0 spiro atoms. The molecule has 2 atom stereocenters. The fraction of sp³-hybridized carbons (Fsp3) is 0.385. The quantitative estimate of drug-likeness (QED) is 0.803. The standard InChI is InChI=1S/C13H14ClFN2O3/c14-9-2-1-3-10(15)11(9)17-13(20)16-8-5-4-7(6-8)12(18)19/h1-3,7-8H,4-6H2,(H,18,19)(H2,16,17,20)/t7-,8+/m1/s1. The summed E-state index contributed by atoms with van der Waals surface area (Å²) < 4.78 is 13.5. The number of carbonyl (C=O) groups is 2. The highest BCUT2D eigenvalue weighted by atomic mass is 35.5. The smallest absolute Gasteiger partial charge is 0.319 e. The molecule has 0 aliphatic heterocycles. The molecule has 0 heterocycles. The monoisotopic (exact) mass is 300 g/mol. The molecule has 3 N–H and O–H groups in total. The molecule has 5 nitrogen and oxygen atoms in total. The van der Waals surface area contributed by atoms with E-state index in [1.807, 2.05) is 0 Å². The van der Waals surface area contributed by atoms with Crippen molar-refractivity contribution in [2.45, 2.75) is 25.3 Å². The van der Waals surface area contributed by atoms with Crippen molar-refractivity contribution in [2.24, 2.45) is 5.92 Å². The summed E-state index contributed by atoms with van der Waals surface area (Å²) >= 11 is 5.79. The van der Waals surface area contributed by atoms with Crippen LogP contribution in [0.15, 0.2) is 18.2 Å². The van der Waals surface area contributed by atoms with Crippen molar-refractivity contribution < 1.29 is 19.1 Å². The molecular formula is C13H14ClFN2O3. The third-order valence-corrected chi connectivity index (χ3v) is 3.63. The van der Waals surface area contributed by atoms with Gasteiger partial charge in [0.15, 0.2) is 0 Å².